The summed E-state index contributed by atoms with van der Waals surface area (Å²) in [6.45, 7) is 2.23. The normalized spacial score (nSPS) is 26.7. The van der Waals surface area contributed by atoms with Crippen molar-refractivity contribution in [1.82, 2.24) is 0 Å². The Balaban J connectivity index is 1.74. The predicted molar refractivity (Wildman–Crippen MR) is 85.6 cm³/mol. The summed E-state index contributed by atoms with van der Waals surface area (Å²) in [6.07, 6.45) is 3.15. The van der Waals surface area contributed by atoms with Crippen molar-refractivity contribution >= 4 is 27.5 Å². The number of halogens is 2. The van der Waals surface area contributed by atoms with Gasteiger partial charge in [-0.05, 0) is 65.2 Å². The number of benzene rings is 1. The first-order chi connectivity index (χ1) is 10.1. The standard InChI is InChI=1S/C16H20BrClO3/c17-13-2-1-11(9-14(13)18)15(19)12-3-6-21-16(10-12)4-7-20-8-5-16/h1-2,9,12,15,19H,3-8,10H2. The van der Waals surface area contributed by atoms with E-state index >= 15 is 0 Å². The maximum atomic E-state index is 10.7. The lowest BCUT2D eigenvalue weighted by molar-refractivity contribution is -0.159. The van der Waals surface area contributed by atoms with Gasteiger partial charge in [-0.2, -0.15) is 0 Å². The fourth-order valence-electron chi connectivity index (χ4n) is 3.40. The van der Waals surface area contributed by atoms with E-state index in [9.17, 15) is 5.11 Å². The molecule has 1 N–H and O–H groups in total. The number of ether oxygens (including phenoxy) is 2. The van der Waals surface area contributed by atoms with Gasteiger partial charge in [-0.3, -0.25) is 0 Å². The Morgan fingerprint density at radius 3 is 2.76 bits per heavy atom. The molecule has 0 amide bonds. The zero-order chi connectivity index (χ0) is 14.9. The second-order valence-corrected chi connectivity index (χ2v) is 7.28. The van der Waals surface area contributed by atoms with E-state index in [1.807, 2.05) is 18.2 Å². The molecule has 1 aromatic carbocycles. The van der Waals surface area contributed by atoms with Gasteiger partial charge in [-0.15, -0.1) is 0 Å². The largest absolute Gasteiger partial charge is 0.388 e. The Bertz CT molecular complexity index is 497. The summed E-state index contributed by atoms with van der Waals surface area (Å²) in [5.41, 5.74) is 0.790. The molecule has 2 atom stereocenters. The molecule has 3 rings (SSSR count). The Morgan fingerprint density at radius 1 is 1.29 bits per heavy atom. The highest BCUT2D eigenvalue weighted by molar-refractivity contribution is 9.10. The van der Waals surface area contributed by atoms with Gasteiger partial charge in [0, 0.05) is 24.3 Å². The molecule has 2 heterocycles. The molecule has 3 nitrogen and oxygen atoms in total. The van der Waals surface area contributed by atoms with E-state index in [0.29, 0.717) is 11.6 Å². The third-order valence-corrected chi connectivity index (χ3v) is 5.90. The molecule has 21 heavy (non-hydrogen) atoms. The second kappa shape index (κ2) is 6.55. The molecule has 2 saturated heterocycles. The molecule has 1 spiro atoms. The topological polar surface area (TPSA) is 38.7 Å². The lowest BCUT2D eigenvalue weighted by atomic mass is 9.77. The van der Waals surface area contributed by atoms with E-state index < -0.39 is 6.10 Å². The summed E-state index contributed by atoms with van der Waals surface area (Å²) in [5.74, 6) is 0.217. The van der Waals surface area contributed by atoms with Crippen molar-refractivity contribution in [2.24, 2.45) is 5.92 Å². The molecular formula is C16H20BrClO3. The maximum absolute atomic E-state index is 10.7. The van der Waals surface area contributed by atoms with Gasteiger partial charge in [0.2, 0.25) is 0 Å². The Kier molecular flexibility index (Phi) is 4.91. The summed E-state index contributed by atoms with van der Waals surface area (Å²) in [6, 6.07) is 5.68. The third-order valence-electron chi connectivity index (χ3n) is 4.67. The van der Waals surface area contributed by atoms with E-state index in [2.05, 4.69) is 15.9 Å². The fraction of sp³-hybridized carbons (Fsp3) is 0.625. The Labute approximate surface area is 138 Å². The molecular weight excluding hydrogens is 356 g/mol. The molecule has 0 radical (unpaired) electrons. The van der Waals surface area contributed by atoms with E-state index in [-0.39, 0.29) is 11.5 Å². The maximum Gasteiger partial charge on any atom is 0.0820 e. The van der Waals surface area contributed by atoms with E-state index in [0.717, 1.165) is 48.9 Å². The predicted octanol–water partition coefficient (Wildman–Crippen LogP) is 4.11. The first-order valence-electron chi connectivity index (χ1n) is 7.44. The summed E-state index contributed by atoms with van der Waals surface area (Å²) >= 11 is 9.52. The number of rotatable bonds is 2. The van der Waals surface area contributed by atoms with Crippen molar-refractivity contribution in [3.63, 3.8) is 0 Å². The monoisotopic (exact) mass is 374 g/mol. The summed E-state index contributed by atoms with van der Waals surface area (Å²) in [7, 11) is 0. The summed E-state index contributed by atoms with van der Waals surface area (Å²) in [5, 5.41) is 11.4. The smallest absolute Gasteiger partial charge is 0.0820 e. The van der Waals surface area contributed by atoms with Crippen molar-refractivity contribution in [3.05, 3.63) is 33.3 Å². The third kappa shape index (κ3) is 3.45. The van der Waals surface area contributed by atoms with Gasteiger partial charge in [-0.1, -0.05) is 17.7 Å². The zero-order valence-corrected chi connectivity index (χ0v) is 14.2. The van der Waals surface area contributed by atoms with Gasteiger partial charge >= 0.3 is 0 Å². The van der Waals surface area contributed by atoms with Gasteiger partial charge in [0.25, 0.3) is 0 Å². The zero-order valence-electron chi connectivity index (χ0n) is 11.9. The first-order valence-corrected chi connectivity index (χ1v) is 8.61. The molecule has 0 bridgehead atoms. The van der Waals surface area contributed by atoms with Crippen LogP contribution in [0.15, 0.2) is 22.7 Å². The number of hydrogen-bond acceptors (Lipinski definition) is 3. The summed E-state index contributed by atoms with van der Waals surface area (Å²) < 4.78 is 12.3. The fourth-order valence-corrected chi connectivity index (χ4v) is 3.83. The molecule has 2 aliphatic heterocycles. The minimum atomic E-state index is -0.487. The van der Waals surface area contributed by atoms with E-state index in [1.165, 1.54) is 0 Å². The van der Waals surface area contributed by atoms with Crippen LogP contribution in [0.1, 0.15) is 37.4 Å². The summed E-state index contributed by atoms with van der Waals surface area (Å²) in [4.78, 5) is 0. The van der Waals surface area contributed by atoms with Crippen LogP contribution in [0, 0.1) is 5.92 Å². The number of hydrogen-bond donors (Lipinski definition) is 1. The van der Waals surface area contributed by atoms with Crippen LogP contribution in [0.25, 0.3) is 0 Å². The minimum absolute atomic E-state index is 0.0959. The average Bonchev–Trinajstić information content (AvgIpc) is 2.50. The SMILES string of the molecule is OC(c1ccc(Br)c(Cl)c1)C1CCOC2(CCOCC2)C1. The highest BCUT2D eigenvalue weighted by atomic mass is 79.9. The molecule has 2 unspecified atom stereocenters. The molecule has 5 heteroatoms. The van der Waals surface area contributed by atoms with Gasteiger partial charge in [0.05, 0.1) is 16.7 Å². The van der Waals surface area contributed by atoms with Crippen LogP contribution >= 0.6 is 27.5 Å². The lowest BCUT2D eigenvalue weighted by Crippen LogP contribution is -2.45. The Hall–Kier alpha value is -0.130. The first kappa shape index (κ1) is 15.8. The van der Waals surface area contributed by atoms with Crippen molar-refractivity contribution in [2.45, 2.75) is 37.4 Å². The van der Waals surface area contributed by atoms with Crippen LogP contribution in [-0.4, -0.2) is 30.5 Å². The highest BCUT2D eigenvalue weighted by Crippen LogP contribution is 2.42. The second-order valence-electron chi connectivity index (χ2n) is 6.02. The highest BCUT2D eigenvalue weighted by Gasteiger charge is 2.41. The lowest BCUT2D eigenvalue weighted by Gasteiger charge is -2.44. The van der Waals surface area contributed by atoms with Crippen molar-refractivity contribution in [3.8, 4) is 0 Å². The van der Waals surface area contributed by atoms with Crippen molar-refractivity contribution < 1.29 is 14.6 Å². The molecule has 2 aliphatic rings. The van der Waals surface area contributed by atoms with Gasteiger partial charge in [-0.25, -0.2) is 0 Å². The van der Waals surface area contributed by atoms with E-state index in [1.54, 1.807) is 0 Å². The van der Waals surface area contributed by atoms with Crippen LogP contribution in [-0.2, 0) is 9.47 Å². The van der Waals surface area contributed by atoms with Crippen LogP contribution in [0.3, 0.4) is 0 Å². The molecule has 0 aromatic heterocycles. The average molecular weight is 376 g/mol. The van der Waals surface area contributed by atoms with Crippen LogP contribution in [0.5, 0.6) is 0 Å². The molecule has 0 aliphatic carbocycles. The van der Waals surface area contributed by atoms with Crippen molar-refractivity contribution in [1.29, 1.82) is 0 Å². The molecule has 0 saturated carbocycles. The van der Waals surface area contributed by atoms with Crippen molar-refractivity contribution in [2.75, 3.05) is 19.8 Å². The molecule has 116 valence electrons. The van der Waals surface area contributed by atoms with Gasteiger partial charge in [0.1, 0.15) is 0 Å². The Morgan fingerprint density at radius 2 is 2.05 bits per heavy atom. The van der Waals surface area contributed by atoms with Gasteiger partial charge in [0.15, 0.2) is 0 Å². The quantitative estimate of drug-likeness (QED) is 0.845. The minimum Gasteiger partial charge on any atom is -0.388 e. The molecule has 1 aromatic rings. The van der Waals surface area contributed by atoms with Crippen LogP contribution in [0.2, 0.25) is 5.02 Å². The molecule has 2 fully saturated rings. The van der Waals surface area contributed by atoms with E-state index in [4.69, 9.17) is 21.1 Å². The van der Waals surface area contributed by atoms with Crippen LogP contribution < -0.4 is 0 Å². The number of aliphatic hydroxyl groups excluding tert-OH is 1. The van der Waals surface area contributed by atoms with Crippen LogP contribution in [0.4, 0.5) is 0 Å². The van der Waals surface area contributed by atoms with Gasteiger partial charge < -0.3 is 14.6 Å². The number of aliphatic hydroxyl groups is 1.